The number of primary amides is 1. The summed E-state index contributed by atoms with van der Waals surface area (Å²) in [4.78, 5) is 10.8. The molecule has 0 spiro atoms. The number of nitrogens with two attached hydrogens (primary N) is 1. The molecule has 1 heterocycles. The zero-order valence-corrected chi connectivity index (χ0v) is 8.51. The summed E-state index contributed by atoms with van der Waals surface area (Å²) in [5, 5.41) is 6.76. The summed E-state index contributed by atoms with van der Waals surface area (Å²) in [5.41, 5.74) is 7.50. The van der Waals surface area contributed by atoms with Gasteiger partial charge < -0.3 is 15.6 Å². The number of hydrogen-bond donors (Lipinski definition) is 2. The van der Waals surface area contributed by atoms with Crippen molar-refractivity contribution in [3.05, 3.63) is 47.9 Å². The van der Waals surface area contributed by atoms with Gasteiger partial charge in [-0.1, -0.05) is 5.16 Å². The van der Waals surface area contributed by atoms with Crippen molar-refractivity contribution in [2.75, 3.05) is 5.32 Å². The number of carbonyl (C=O) groups is 1. The van der Waals surface area contributed by atoms with E-state index in [-0.39, 0.29) is 0 Å². The molecule has 0 aliphatic carbocycles. The van der Waals surface area contributed by atoms with Crippen LogP contribution in [0.5, 0.6) is 0 Å². The predicted octanol–water partition coefficient (Wildman–Crippen LogP) is 1.39. The van der Waals surface area contributed by atoms with Gasteiger partial charge in [0.1, 0.15) is 6.26 Å². The van der Waals surface area contributed by atoms with E-state index in [1.54, 1.807) is 36.7 Å². The Bertz CT molecular complexity index is 462. The van der Waals surface area contributed by atoms with Crippen LogP contribution in [0.4, 0.5) is 5.69 Å². The second kappa shape index (κ2) is 4.48. The van der Waals surface area contributed by atoms with Gasteiger partial charge in [-0.3, -0.25) is 4.79 Å². The van der Waals surface area contributed by atoms with Crippen LogP contribution in [0.1, 0.15) is 15.9 Å². The third kappa shape index (κ3) is 2.38. The number of aromatic nitrogens is 1. The lowest BCUT2D eigenvalue weighted by Gasteiger charge is -2.04. The fraction of sp³-hybridized carbons (Fsp3) is 0.0909. The molecule has 0 radical (unpaired) electrons. The van der Waals surface area contributed by atoms with Crippen molar-refractivity contribution >= 4 is 11.6 Å². The molecule has 0 unspecified atom stereocenters. The number of anilines is 1. The Labute approximate surface area is 92.2 Å². The predicted molar refractivity (Wildman–Crippen MR) is 58.8 cm³/mol. The maximum Gasteiger partial charge on any atom is 0.248 e. The van der Waals surface area contributed by atoms with Crippen LogP contribution in [0.2, 0.25) is 0 Å². The van der Waals surface area contributed by atoms with Crippen LogP contribution in [-0.4, -0.2) is 11.1 Å². The molecule has 0 saturated heterocycles. The second-order valence-electron chi connectivity index (χ2n) is 3.33. The summed E-state index contributed by atoms with van der Waals surface area (Å²) in [6, 6.07) is 6.96. The molecule has 1 amide bonds. The van der Waals surface area contributed by atoms with Gasteiger partial charge in [0, 0.05) is 23.4 Å². The Morgan fingerprint density at radius 2 is 2.12 bits per heavy atom. The summed E-state index contributed by atoms with van der Waals surface area (Å²) in [5.74, 6) is -0.425. The third-order valence-electron chi connectivity index (χ3n) is 2.15. The van der Waals surface area contributed by atoms with Crippen molar-refractivity contribution in [3.8, 4) is 0 Å². The summed E-state index contributed by atoms with van der Waals surface area (Å²) >= 11 is 0. The van der Waals surface area contributed by atoms with Crippen LogP contribution >= 0.6 is 0 Å². The molecule has 0 fully saturated rings. The van der Waals surface area contributed by atoms with E-state index < -0.39 is 5.91 Å². The van der Waals surface area contributed by atoms with Crippen molar-refractivity contribution in [3.63, 3.8) is 0 Å². The first-order valence-corrected chi connectivity index (χ1v) is 4.78. The lowest BCUT2D eigenvalue weighted by Crippen LogP contribution is -2.10. The van der Waals surface area contributed by atoms with E-state index >= 15 is 0 Å². The largest absolute Gasteiger partial charge is 0.381 e. The Kier molecular flexibility index (Phi) is 2.86. The van der Waals surface area contributed by atoms with Gasteiger partial charge in [-0.15, -0.1) is 0 Å². The lowest BCUT2D eigenvalue weighted by atomic mass is 10.2. The van der Waals surface area contributed by atoms with Gasteiger partial charge in [0.15, 0.2) is 0 Å². The smallest absolute Gasteiger partial charge is 0.248 e. The average Bonchev–Trinajstić information content (AvgIpc) is 2.80. The number of amides is 1. The van der Waals surface area contributed by atoms with Crippen molar-refractivity contribution in [2.45, 2.75) is 6.54 Å². The van der Waals surface area contributed by atoms with Crippen LogP contribution in [0.3, 0.4) is 0 Å². The van der Waals surface area contributed by atoms with Gasteiger partial charge in [0.25, 0.3) is 0 Å². The Morgan fingerprint density at radius 1 is 1.38 bits per heavy atom. The van der Waals surface area contributed by atoms with Gasteiger partial charge >= 0.3 is 0 Å². The SMILES string of the molecule is NC(=O)c1ccc(NCc2cnoc2)cc1. The molecular weight excluding hydrogens is 206 g/mol. The lowest BCUT2D eigenvalue weighted by molar-refractivity contribution is 0.100. The first-order valence-electron chi connectivity index (χ1n) is 4.78. The quantitative estimate of drug-likeness (QED) is 0.810. The van der Waals surface area contributed by atoms with Crippen molar-refractivity contribution in [2.24, 2.45) is 5.73 Å². The van der Waals surface area contributed by atoms with E-state index in [0.717, 1.165) is 11.3 Å². The number of hydrogen-bond acceptors (Lipinski definition) is 4. The topological polar surface area (TPSA) is 81.2 Å². The highest BCUT2D eigenvalue weighted by molar-refractivity contribution is 5.93. The number of nitrogens with zero attached hydrogens (tertiary/aromatic N) is 1. The van der Waals surface area contributed by atoms with Crippen LogP contribution in [0.25, 0.3) is 0 Å². The van der Waals surface area contributed by atoms with Crippen LogP contribution in [0.15, 0.2) is 41.2 Å². The van der Waals surface area contributed by atoms with Crippen molar-refractivity contribution < 1.29 is 9.32 Å². The number of nitrogens with one attached hydrogen (secondary N) is 1. The molecule has 0 bridgehead atoms. The van der Waals surface area contributed by atoms with Crippen LogP contribution in [0, 0.1) is 0 Å². The molecule has 82 valence electrons. The van der Waals surface area contributed by atoms with E-state index in [9.17, 15) is 4.79 Å². The Morgan fingerprint density at radius 3 is 2.69 bits per heavy atom. The van der Waals surface area contributed by atoms with Gasteiger partial charge in [-0.05, 0) is 24.3 Å². The van der Waals surface area contributed by atoms with E-state index in [2.05, 4.69) is 10.5 Å². The van der Waals surface area contributed by atoms with E-state index in [1.165, 1.54) is 0 Å². The molecule has 16 heavy (non-hydrogen) atoms. The van der Waals surface area contributed by atoms with Crippen LogP contribution < -0.4 is 11.1 Å². The molecule has 0 saturated carbocycles. The third-order valence-corrected chi connectivity index (χ3v) is 2.15. The van der Waals surface area contributed by atoms with Crippen molar-refractivity contribution in [1.82, 2.24) is 5.16 Å². The monoisotopic (exact) mass is 217 g/mol. The first-order chi connectivity index (χ1) is 7.75. The fourth-order valence-electron chi connectivity index (χ4n) is 1.27. The number of rotatable bonds is 4. The zero-order chi connectivity index (χ0) is 11.4. The molecule has 5 heteroatoms. The first kappa shape index (κ1) is 10.2. The highest BCUT2D eigenvalue weighted by Gasteiger charge is 2.00. The van der Waals surface area contributed by atoms with E-state index in [0.29, 0.717) is 12.1 Å². The Balaban J connectivity index is 1.98. The standard InChI is InChI=1S/C11H11N3O2/c12-11(15)9-1-3-10(4-2-9)13-5-8-6-14-16-7-8/h1-4,6-7,13H,5H2,(H2,12,15). The summed E-state index contributed by atoms with van der Waals surface area (Å²) in [7, 11) is 0. The molecule has 1 aromatic carbocycles. The summed E-state index contributed by atoms with van der Waals surface area (Å²) < 4.78 is 4.70. The summed E-state index contributed by atoms with van der Waals surface area (Å²) in [6.07, 6.45) is 3.22. The molecule has 1 aromatic heterocycles. The van der Waals surface area contributed by atoms with Gasteiger partial charge in [-0.25, -0.2) is 0 Å². The maximum absolute atomic E-state index is 10.8. The fourth-order valence-corrected chi connectivity index (χ4v) is 1.27. The van der Waals surface area contributed by atoms with Crippen molar-refractivity contribution in [1.29, 1.82) is 0 Å². The summed E-state index contributed by atoms with van der Waals surface area (Å²) in [6.45, 7) is 0.624. The zero-order valence-electron chi connectivity index (χ0n) is 8.51. The minimum Gasteiger partial charge on any atom is -0.381 e. The Hall–Kier alpha value is -2.30. The van der Waals surface area contributed by atoms with E-state index in [1.807, 2.05) is 0 Å². The van der Waals surface area contributed by atoms with Gasteiger partial charge in [0.05, 0.1) is 6.20 Å². The van der Waals surface area contributed by atoms with Gasteiger partial charge in [-0.2, -0.15) is 0 Å². The average molecular weight is 217 g/mol. The van der Waals surface area contributed by atoms with Crippen LogP contribution in [-0.2, 0) is 6.54 Å². The normalized spacial score (nSPS) is 10.0. The molecule has 0 atom stereocenters. The molecule has 0 aliphatic heterocycles. The molecule has 0 aliphatic rings. The molecule has 3 N–H and O–H groups in total. The van der Waals surface area contributed by atoms with Gasteiger partial charge in [0.2, 0.25) is 5.91 Å². The molecular formula is C11H11N3O2. The number of carbonyl (C=O) groups excluding carboxylic acids is 1. The van der Waals surface area contributed by atoms with E-state index in [4.69, 9.17) is 10.3 Å². The minimum atomic E-state index is -0.425. The maximum atomic E-state index is 10.8. The molecule has 2 aromatic rings. The number of benzene rings is 1. The molecule has 5 nitrogen and oxygen atoms in total. The molecule has 2 rings (SSSR count). The highest BCUT2D eigenvalue weighted by Crippen LogP contribution is 2.10. The second-order valence-corrected chi connectivity index (χ2v) is 3.33. The highest BCUT2D eigenvalue weighted by atomic mass is 16.5. The minimum absolute atomic E-state index is 0.425.